The molecule has 1 aromatic heterocycles. The molecule has 0 spiro atoms. The van der Waals surface area contributed by atoms with Crippen LogP contribution < -0.4 is 20.5 Å². The Labute approximate surface area is 240 Å². The van der Waals surface area contributed by atoms with Crippen LogP contribution in [0.4, 0.5) is 5.82 Å². The highest BCUT2D eigenvalue weighted by molar-refractivity contribution is 6.01. The number of nitrogens with one attached hydrogen (secondary N) is 2. The molecule has 5 rings (SSSR count). The number of likely N-dealkylation sites (tertiary alicyclic amines) is 1. The third kappa shape index (κ3) is 6.89. The number of fused-ring (bicyclic) bond motifs is 1. The number of benzene rings is 3. The number of anilines is 1. The average molecular weight is 570 g/mol. The number of nitrogens with zero attached hydrogens (tertiary/aromatic N) is 3. The number of carbonyl (C=O) groups excluding carboxylic acids is 1. The van der Waals surface area contributed by atoms with Crippen molar-refractivity contribution < 1.29 is 14.3 Å². The van der Waals surface area contributed by atoms with Gasteiger partial charge in [0, 0.05) is 47.6 Å². The van der Waals surface area contributed by atoms with Crippen LogP contribution in [0.1, 0.15) is 28.8 Å². The first-order chi connectivity index (χ1) is 18.0. The van der Waals surface area contributed by atoms with Crippen LogP contribution in [0.15, 0.2) is 66.7 Å². The van der Waals surface area contributed by atoms with Crippen LogP contribution in [-0.4, -0.2) is 54.4 Å². The van der Waals surface area contributed by atoms with Crippen molar-refractivity contribution >= 4 is 47.3 Å². The van der Waals surface area contributed by atoms with E-state index in [0.29, 0.717) is 5.56 Å². The number of halogens is 2. The molecule has 0 saturated carbocycles. The van der Waals surface area contributed by atoms with Crippen molar-refractivity contribution in [3.63, 3.8) is 0 Å². The molecule has 2 N–H and O–H groups in total. The predicted molar refractivity (Wildman–Crippen MR) is 158 cm³/mol. The minimum absolute atomic E-state index is 0. The standard InChI is InChI=1S/C29H30N5O3.2ClH/c1-36-23-9-7-20(8-10-23)27-25-12-11-24(37-2)17-26(25)29(33-32-27)31-22-13-15-34(16-14-22)18-19-3-5-21(6-4-19)28(30)35;;/h3-12,17,22,30H,13-16,18H2,1-2H3,(H,31,33);2*1H. The highest BCUT2D eigenvalue weighted by Gasteiger charge is 2.21. The van der Waals surface area contributed by atoms with Gasteiger partial charge in [-0.05, 0) is 73.0 Å². The summed E-state index contributed by atoms with van der Waals surface area (Å²) in [6.07, 6.45) is 1.97. The smallest absolute Gasteiger partial charge is 0.269 e. The molecule has 1 fully saturated rings. The lowest BCUT2D eigenvalue weighted by atomic mass is 10.0. The summed E-state index contributed by atoms with van der Waals surface area (Å²) in [6, 6.07) is 21.5. The van der Waals surface area contributed by atoms with Gasteiger partial charge in [-0.15, -0.1) is 35.0 Å². The van der Waals surface area contributed by atoms with Crippen LogP contribution in [0.25, 0.3) is 22.0 Å². The maximum atomic E-state index is 11.2. The molecule has 2 heterocycles. The lowest BCUT2D eigenvalue weighted by molar-refractivity contribution is 0.0992. The highest BCUT2D eigenvalue weighted by Crippen LogP contribution is 2.34. The van der Waals surface area contributed by atoms with Gasteiger partial charge in [-0.25, -0.2) is 0 Å². The molecule has 8 nitrogen and oxygen atoms in total. The Balaban J connectivity index is 0.00000210. The van der Waals surface area contributed by atoms with Crippen molar-refractivity contribution in [3.8, 4) is 22.8 Å². The fourth-order valence-electron chi connectivity index (χ4n) is 4.78. The normalized spacial score (nSPS) is 13.7. The molecule has 1 radical (unpaired) electrons. The van der Waals surface area contributed by atoms with Gasteiger partial charge in [0.05, 0.1) is 14.2 Å². The zero-order valence-corrected chi connectivity index (χ0v) is 23.5. The predicted octanol–water partition coefficient (Wildman–Crippen LogP) is 5.66. The molecule has 0 atom stereocenters. The maximum absolute atomic E-state index is 11.2. The largest absolute Gasteiger partial charge is 0.497 e. The Morgan fingerprint density at radius 3 is 2.15 bits per heavy atom. The number of aromatic nitrogens is 2. The molecule has 0 unspecified atom stereocenters. The van der Waals surface area contributed by atoms with E-state index in [1.165, 1.54) is 0 Å². The van der Waals surface area contributed by atoms with Crippen molar-refractivity contribution in [2.75, 3.05) is 32.6 Å². The minimum atomic E-state index is -0.649. The zero-order chi connectivity index (χ0) is 25.8. The molecule has 1 aliphatic rings. The molecule has 0 aliphatic carbocycles. The lowest BCUT2D eigenvalue weighted by Crippen LogP contribution is -2.38. The van der Waals surface area contributed by atoms with Gasteiger partial charge in [-0.1, -0.05) is 12.1 Å². The van der Waals surface area contributed by atoms with Crippen LogP contribution in [0.5, 0.6) is 11.5 Å². The Morgan fingerprint density at radius 1 is 0.897 bits per heavy atom. The SMILES string of the molecule is COc1ccc(-c2nnc(NC3CCN(Cc4ccc(C([NH])=O)cc4)CC3)c3cc(OC)ccc23)cc1.Cl.Cl. The number of amides is 1. The first-order valence-corrected chi connectivity index (χ1v) is 12.4. The third-order valence-electron chi connectivity index (χ3n) is 6.90. The van der Waals surface area contributed by atoms with E-state index in [0.717, 1.165) is 77.4 Å². The number of rotatable bonds is 8. The number of hydrogen-bond donors (Lipinski definition) is 1. The van der Waals surface area contributed by atoms with Crippen LogP contribution >= 0.6 is 24.8 Å². The summed E-state index contributed by atoms with van der Waals surface area (Å²) in [7, 11) is 3.32. The molecule has 205 valence electrons. The fourth-order valence-corrected chi connectivity index (χ4v) is 4.78. The summed E-state index contributed by atoms with van der Waals surface area (Å²) in [6.45, 7) is 2.74. The van der Waals surface area contributed by atoms with E-state index in [1.807, 2.05) is 54.6 Å². The Bertz CT molecular complexity index is 1390. The summed E-state index contributed by atoms with van der Waals surface area (Å²) in [5.41, 5.74) is 10.6. The lowest BCUT2D eigenvalue weighted by Gasteiger charge is -2.32. The highest BCUT2D eigenvalue weighted by atomic mass is 35.5. The second kappa shape index (κ2) is 13.5. The first kappa shape index (κ1) is 30.0. The van der Waals surface area contributed by atoms with Crippen LogP contribution in [0, 0.1) is 0 Å². The fraction of sp³-hybridized carbons (Fsp3) is 0.276. The molecule has 4 aromatic rings. The third-order valence-corrected chi connectivity index (χ3v) is 6.90. The van der Waals surface area contributed by atoms with Crippen molar-refractivity contribution in [3.05, 3.63) is 77.9 Å². The quantitative estimate of drug-likeness (QED) is 0.292. The molecule has 10 heteroatoms. The van der Waals surface area contributed by atoms with E-state index in [9.17, 15) is 4.79 Å². The number of carbonyl (C=O) groups is 1. The summed E-state index contributed by atoms with van der Waals surface area (Å²) in [5.74, 6) is 1.69. The summed E-state index contributed by atoms with van der Waals surface area (Å²) >= 11 is 0. The van der Waals surface area contributed by atoms with Crippen LogP contribution in [0.3, 0.4) is 0 Å². The van der Waals surface area contributed by atoms with Crippen molar-refractivity contribution in [2.45, 2.75) is 25.4 Å². The number of piperidine rings is 1. The zero-order valence-electron chi connectivity index (χ0n) is 21.8. The molecule has 1 aliphatic heterocycles. The topological polar surface area (TPSA) is 100 Å². The van der Waals surface area contributed by atoms with E-state index >= 15 is 0 Å². The monoisotopic (exact) mass is 568 g/mol. The second-order valence-electron chi connectivity index (χ2n) is 9.26. The number of hydrogen-bond acceptors (Lipinski definition) is 7. The maximum Gasteiger partial charge on any atom is 0.269 e. The average Bonchev–Trinajstić information content (AvgIpc) is 2.94. The van der Waals surface area contributed by atoms with Gasteiger partial charge in [0.1, 0.15) is 17.2 Å². The van der Waals surface area contributed by atoms with E-state index in [1.54, 1.807) is 26.4 Å². The van der Waals surface area contributed by atoms with Gasteiger partial charge in [-0.3, -0.25) is 15.4 Å². The van der Waals surface area contributed by atoms with Crippen LogP contribution in [-0.2, 0) is 6.54 Å². The van der Waals surface area contributed by atoms with Crippen molar-refractivity contribution in [1.82, 2.24) is 20.8 Å². The Hall–Kier alpha value is -3.59. The van der Waals surface area contributed by atoms with Crippen molar-refractivity contribution in [2.24, 2.45) is 0 Å². The molecular weight excluding hydrogens is 537 g/mol. The van der Waals surface area contributed by atoms with Crippen LogP contribution in [0.2, 0.25) is 0 Å². The van der Waals surface area contributed by atoms with E-state index in [-0.39, 0.29) is 30.9 Å². The van der Waals surface area contributed by atoms with Crippen molar-refractivity contribution in [1.29, 1.82) is 0 Å². The second-order valence-corrected chi connectivity index (χ2v) is 9.26. The minimum Gasteiger partial charge on any atom is -0.497 e. The number of ether oxygens (including phenoxy) is 2. The Kier molecular flexibility index (Phi) is 10.3. The molecule has 39 heavy (non-hydrogen) atoms. The summed E-state index contributed by atoms with van der Waals surface area (Å²) in [4.78, 5) is 13.6. The van der Waals surface area contributed by atoms with Gasteiger partial charge < -0.3 is 14.8 Å². The molecule has 1 amide bonds. The van der Waals surface area contributed by atoms with Gasteiger partial charge in [0.25, 0.3) is 5.91 Å². The summed E-state index contributed by atoms with van der Waals surface area (Å²) < 4.78 is 10.8. The van der Waals surface area contributed by atoms with E-state index < -0.39 is 5.91 Å². The molecule has 0 bridgehead atoms. The van der Waals surface area contributed by atoms with Gasteiger partial charge in [-0.2, -0.15) is 0 Å². The van der Waals surface area contributed by atoms with Gasteiger partial charge in [0.2, 0.25) is 0 Å². The van der Waals surface area contributed by atoms with E-state index in [4.69, 9.17) is 15.2 Å². The Morgan fingerprint density at radius 2 is 1.54 bits per heavy atom. The van der Waals surface area contributed by atoms with Gasteiger partial charge >= 0.3 is 0 Å². The van der Waals surface area contributed by atoms with Gasteiger partial charge in [0.15, 0.2) is 5.82 Å². The number of methoxy groups -OCH3 is 2. The molecule has 1 saturated heterocycles. The van der Waals surface area contributed by atoms with E-state index in [2.05, 4.69) is 20.4 Å². The first-order valence-electron chi connectivity index (χ1n) is 12.4. The summed E-state index contributed by atoms with van der Waals surface area (Å²) in [5, 5.41) is 14.8. The molecule has 3 aromatic carbocycles. The molecular formula is C29H32Cl2N5O3.